The Balaban J connectivity index is 3.10. The van der Waals surface area contributed by atoms with Crippen LogP contribution in [0.1, 0.15) is 11.1 Å². The molecule has 0 aromatic heterocycles. The van der Waals surface area contributed by atoms with Crippen LogP contribution in [0, 0.1) is 11.5 Å². The van der Waals surface area contributed by atoms with Gasteiger partial charge in [-0.15, -0.1) is 5.54 Å². The van der Waals surface area contributed by atoms with Crippen molar-refractivity contribution >= 4 is 8.07 Å². The van der Waals surface area contributed by atoms with Crippen molar-refractivity contribution in [1.82, 2.24) is 0 Å². The molecule has 0 aliphatic rings. The Morgan fingerprint density at radius 2 is 1.78 bits per heavy atom. The SMILES string of the molecule is C[Si](C)(C)C#Cc1cccc(C(F)(F)C(F)F)c1. The van der Waals surface area contributed by atoms with Crippen LogP contribution in [0.5, 0.6) is 0 Å². The molecule has 0 saturated heterocycles. The zero-order valence-corrected chi connectivity index (χ0v) is 11.4. The molecule has 0 nitrogen and oxygen atoms in total. The standard InChI is InChI=1S/C13H14F4Si/c1-18(2,3)8-7-10-5-4-6-11(9-10)13(16,17)12(14)15/h4-6,9,12H,1-3H3. The van der Waals surface area contributed by atoms with Crippen LogP contribution < -0.4 is 0 Å². The van der Waals surface area contributed by atoms with Crippen LogP contribution in [0.15, 0.2) is 24.3 Å². The van der Waals surface area contributed by atoms with Gasteiger partial charge in [0.25, 0.3) is 0 Å². The second kappa shape index (κ2) is 5.15. The summed E-state index contributed by atoms with van der Waals surface area (Å²) >= 11 is 0. The van der Waals surface area contributed by atoms with Gasteiger partial charge in [-0.1, -0.05) is 37.7 Å². The van der Waals surface area contributed by atoms with E-state index in [0.29, 0.717) is 5.56 Å². The lowest BCUT2D eigenvalue weighted by molar-refractivity contribution is -0.135. The van der Waals surface area contributed by atoms with Crippen molar-refractivity contribution < 1.29 is 17.6 Å². The summed E-state index contributed by atoms with van der Waals surface area (Å²) in [5, 5.41) is 0. The van der Waals surface area contributed by atoms with Gasteiger partial charge in [-0.3, -0.25) is 0 Å². The number of halogens is 4. The molecule has 0 amide bonds. The fourth-order valence-corrected chi connectivity index (χ4v) is 1.71. The predicted molar refractivity (Wildman–Crippen MR) is 66.6 cm³/mol. The summed E-state index contributed by atoms with van der Waals surface area (Å²) in [5.41, 5.74) is 2.65. The van der Waals surface area contributed by atoms with Gasteiger partial charge in [0, 0.05) is 11.1 Å². The van der Waals surface area contributed by atoms with Crippen molar-refractivity contribution in [2.24, 2.45) is 0 Å². The molecule has 0 fully saturated rings. The maximum Gasteiger partial charge on any atom is 0.332 e. The van der Waals surface area contributed by atoms with E-state index in [1.54, 1.807) is 0 Å². The van der Waals surface area contributed by atoms with Crippen LogP contribution in [0.4, 0.5) is 17.6 Å². The van der Waals surface area contributed by atoms with Gasteiger partial charge in [-0.25, -0.2) is 8.78 Å². The maximum absolute atomic E-state index is 13.1. The lowest BCUT2D eigenvalue weighted by atomic mass is 10.1. The average Bonchev–Trinajstić information content (AvgIpc) is 2.25. The van der Waals surface area contributed by atoms with Gasteiger partial charge in [-0.05, 0) is 12.1 Å². The van der Waals surface area contributed by atoms with E-state index in [1.807, 2.05) is 19.6 Å². The second-order valence-electron chi connectivity index (χ2n) is 5.00. The summed E-state index contributed by atoms with van der Waals surface area (Å²) in [7, 11) is -1.62. The molecule has 0 bridgehead atoms. The van der Waals surface area contributed by atoms with Gasteiger partial charge in [0.15, 0.2) is 0 Å². The van der Waals surface area contributed by atoms with E-state index < -0.39 is 26.0 Å². The van der Waals surface area contributed by atoms with Gasteiger partial charge >= 0.3 is 12.3 Å². The molecule has 0 atom stereocenters. The van der Waals surface area contributed by atoms with Crippen LogP contribution >= 0.6 is 0 Å². The highest BCUT2D eigenvalue weighted by atomic mass is 28.3. The second-order valence-corrected chi connectivity index (χ2v) is 9.75. The van der Waals surface area contributed by atoms with Crippen molar-refractivity contribution in [3.63, 3.8) is 0 Å². The molecule has 0 saturated carbocycles. The maximum atomic E-state index is 13.1. The largest absolute Gasteiger partial charge is 0.332 e. The Kier molecular flexibility index (Phi) is 4.23. The highest BCUT2D eigenvalue weighted by molar-refractivity contribution is 6.83. The summed E-state index contributed by atoms with van der Waals surface area (Å²) in [6.45, 7) is 6.03. The minimum atomic E-state index is -4.13. The molecule has 0 aliphatic heterocycles. The summed E-state index contributed by atoms with van der Waals surface area (Å²) in [6.07, 6.45) is -3.71. The number of benzene rings is 1. The van der Waals surface area contributed by atoms with E-state index in [2.05, 4.69) is 11.5 Å². The third kappa shape index (κ3) is 3.88. The first kappa shape index (κ1) is 14.8. The number of hydrogen-bond donors (Lipinski definition) is 0. The Morgan fingerprint density at radius 1 is 1.17 bits per heavy atom. The van der Waals surface area contributed by atoms with E-state index in [9.17, 15) is 17.6 Å². The normalized spacial score (nSPS) is 12.2. The number of alkyl halides is 4. The van der Waals surface area contributed by atoms with Crippen molar-refractivity contribution in [1.29, 1.82) is 0 Å². The van der Waals surface area contributed by atoms with Gasteiger partial charge in [0.1, 0.15) is 8.07 Å². The van der Waals surface area contributed by atoms with Crippen molar-refractivity contribution in [3.05, 3.63) is 35.4 Å². The smallest absolute Gasteiger partial charge is 0.203 e. The van der Waals surface area contributed by atoms with Gasteiger partial charge in [0.2, 0.25) is 0 Å². The fourth-order valence-electron chi connectivity index (χ4n) is 1.19. The molecule has 0 unspecified atom stereocenters. The van der Waals surface area contributed by atoms with Gasteiger partial charge in [-0.2, -0.15) is 8.78 Å². The molecule has 0 N–H and O–H groups in total. The van der Waals surface area contributed by atoms with E-state index in [4.69, 9.17) is 0 Å². The van der Waals surface area contributed by atoms with Crippen molar-refractivity contribution in [2.75, 3.05) is 0 Å². The van der Waals surface area contributed by atoms with Crippen LogP contribution in [-0.2, 0) is 5.92 Å². The highest BCUT2D eigenvalue weighted by Gasteiger charge is 2.42. The molecule has 0 spiro atoms. The summed E-state index contributed by atoms with van der Waals surface area (Å²) in [5.74, 6) is -1.36. The van der Waals surface area contributed by atoms with E-state index in [0.717, 1.165) is 12.1 Å². The fraction of sp³-hybridized carbons (Fsp3) is 0.385. The Morgan fingerprint density at radius 3 is 2.28 bits per heavy atom. The molecule has 5 heteroatoms. The zero-order chi connectivity index (χ0) is 14.0. The molecule has 1 rings (SSSR count). The van der Waals surface area contributed by atoms with Crippen LogP contribution in [-0.4, -0.2) is 14.5 Å². The lowest BCUT2D eigenvalue weighted by Gasteiger charge is -2.15. The minimum absolute atomic E-state index is 0.343. The molecule has 98 valence electrons. The first-order valence-corrected chi connectivity index (χ1v) is 8.92. The van der Waals surface area contributed by atoms with Crippen molar-refractivity contribution in [3.8, 4) is 11.5 Å². The summed E-state index contributed by atoms with van der Waals surface area (Å²) in [6, 6.07) is 4.88. The molecule has 0 heterocycles. The molecule has 0 aliphatic carbocycles. The molecule has 1 aromatic rings. The first-order chi connectivity index (χ1) is 8.13. The quantitative estimate of drug-likeness (QED) is 0.429. The topological polar surface area (TPSA) is 0 Å². The highest BCUT2D eigenvalue weighted by Crippen LogP contribution is 2.34. The molecule has 18 heavy (non-hydrogen) atoms. The van der Waals surface area contributed by atoms with Gasteiger partial charge in [0.05, 0.1) is 0 Å². The lowest BCUT2D eigenvalue weighted by Crippen LogP contribution is -2.23. The Hall–Kier alpha value is -1.28. The molecule has 1 aromatic carbocycles. The molecular weight excluding hydrogens is 260 g/mol. The van der Waals surface area contributed by atoms with E-state index >= 15 is 0 Å². The average molecular weight is 274 g/mol. The summed E-state index contributed by atoms with van der Waals surface area (Å²) in [4.78, 5) is 0. The Bertz CT molecular complexity index is 478. The zero-order valence-electron chi connectivity index (χ0n) is 10.4. The summed E-state index contributed by atoms with van der Waals surface area (Å²) < 4.78 is 50.7. The van der Waals surface area contributed by atoms with E-state index in [-0.39, 0.29) is 0 Å². The third-order valence-electron chi connectivity index (χ3n) is 2.10. The molecule has 0 radical (unpaired) electrons. The van der Waals surface area contributed by atoms with Crippen LogP contribution in [0.25, 0.3) is 0 Å². The number of hydrogen-bond acceptors (Lipinski definition) is 0. The van der Waals surface area contributed by atoms with Crippen LogP contribution in [0.3, 0.4) is 0 Å². The van der Waals surface area contributed by atoms with Gasteiger partial charge < -0.3 is 0 Å². The van der Waals surface area contributed by atoms with Crippen LogP contribution in [0.2, 0.25) is 19.6 Å². The van der Waals surface area contributed by atoms with E-state index in [1.165, 1.54) is 12.1 Å². The predicted octanol–water partition coefficient (Wildman–Crippen LogP) is 4.27. The third-order valence-corrected chi connectivity index (χ3v) is 2.98. The monoisotopic (exact) mass is 274 g/mol. The molecular formula is C13H14F4Si. The number of rotatable bonds is 2. The van der Waals surface area contributed by atoms with Crippen molar-refractivity contribution in [2.45, 2.75) is 32.0 Å². The first-order valence-electron chi connectivity index (χ1n) is 5.42. The minimum Gasteiger partial charge on any atom is -0.203 e. The Labute approximate surface area is 105 Å².